The molecular weight excluding hydrogens is 780 g/mol. The number of aliphatic carboxylic acids is 2. The van der Waals surface area contributed by atoms with Crippen molar-refractivity contribution >= 4 is 40.9 Å². The van der Waals surface area contributed by atoms with Crippen molar-refractivity contribution in [1.29, 1.82) is 10.5 Å². The second kappa shape index (κ2) is 20.5. The second-order valence-corrected chi connectivity index (χ2v) is 16.1. The smallest absolute Gasteiger partial charge is 0.373 e. The van der Waals surface area contributed by atoms with Crippen LogP contribution in [0.3, 0.4) is 0 Å². The number of benzene rings is 2. The fourth-order valence-electron chi connectivity index (χ4n) is 9.14. The monoisotopic (exact) mass is 834 g/mol. The van der Waals surface area contributed by atoms with E-state index in [0.29, 0.717) is 34.8 Å². The number of rotatable bonds is 21. The number of esters is 1. The third kappa shape index (κ3) is 9.64. The van der Waals surface area contributed by atoms with Crippen LogP contribution in [0.4, 0.5) is 11.4 Å². The molecule has 5 rings (SSSR count). The Hall–Kier alpha value is -5.78. The van der Waals surface area contributed by atoms with Crippen molar-refractivity contribution in [2.24, 2.45) is 0 Å². The van der Waals surface area contributed by atoms with Crippen LogP contribution in [0.25, 0.3) is 0 Å². The first-order chi connectivity index (χ1) is 28.9. The maximum Gasteiger partial charge on any atom is 0.373 e. The van der Waals surface area contributed by atoms with Gasteiger partial charge in [-0.15, -0.1) is 0 Å². The number of hydrogen-bond acceptors (Lipinski definition) is 9. The summed E-state index contributed by atoms with van der Waals surface area (Å²) in [4.78, 5) is 40.6. The zero-order chi connectivity index (χ0) is 43.5. The minimum atomic E-state index is -0.956. The van der Waals surface area contributed by atoms with Gasteiger partial charge < -0.3 is 29.2 Å². The van der Waals surface area contributed by atoms with Crippen molar-refractivity contribution in [1.82, 2.24) is 0 Å². The summed E-state index contributed by atoms with van der Waals surface area (Å²) in [6.07, 6.45) is 15.3. The molecule has 3 aromatic rings. The minimum absolute atomic E-state index is 0.0665. The van der Waals surface area contributed by atoms with Crippen molar-refractivity contribution < 1.29 is 33.8 Å². The summed E-state index contributed by atoms with van der Waals surface area (Å²) in [5, 5.41) is 40.8. The number of unbranched alkanes of at least 4 members (excludes halogenated alkanes) is 3. The van der Waals surface area contributed by atoms with E-state index in [-0.39, 0.29) is 37.7 Å². The van der Waals surface area contributed by atoms with E-state index in [0.717, 1.165) is 79.6 Å². The Balaban J connectivity index is 1.69. The summed E-state index contributed by atoms with van der Waals surface area (Å²) in [6.45, 7) is 6.79. The number of halogens is 1. The van der Waals surface area contributed by atoms with Gasteiger partial charge in [-0.25, -0.2) is 4.79 Å². The van der Waals surface area contributed by atoms with Gasteiger partial charge in [0.25, 0.3) is 0 Å². The van der Waals surface area contributed by atoms with Crippen LogP contribution < -0.4 is 9.80 Å². The summed E-state index contributed by atoms with van der Waals surface area (Å²) in [5.41, 5.74) is 4.10. The van der Waals surface area contributed by atoms with Crippen molar-refractivity contribution in [2.45, 2.75) is 115 Å². The van der Waals surface area contributed by atoms with Crippen molar-refractivity contribution in [3.63, 3.8) is 0 Å². The predicted molar refractivity (Wildman–Crippen MR) is 232 cm³/mol. The third-order valence-corrected chi connectivity index (χ3v) is 12.2. The molecular formula is C48H55ClN4O7. The second-order valence-electron chi connectivity index (χ2n) is 15.7. The third-order valence-electron chi connectivity index (χ3n) is 12.0. The van der Waals surface area contributed by atoms with Crippen LogP contribution in [0.15, 0.2) is 88.5 Å². The molecule has 316 valence electrons. The Kier molecular flexibility index (Phi) is 15.5. The van der Waals surface area contributed by atoms with E-state index in [9.17, 15) is 35.1 Å². The molecule has 2 unspecified atom stereocenters. The summed E-state index contributed by atoms with van der Waals surface area (Å²) < 4.78 is 11.0. The normalized spacial score (nSPS) is 18.7. The zero-order valence-corrected chi connectivity index (χ0v) is 35.8. The van der Waals surface area contributed by atoms with Gasteiger partial charge >= 0.3 is 17.9 Å². The number of methoxy groups -OCH3 is 1. The molecule has 0 fully saturated rings. The van der Waals surface area contributed by atoms with Crippen LogP contribution in [-0.4, -0.2) is 54.4 Å². The number of ether oxygens (including phenoxy) is 1. The molecule has 11 nitrogen and oxygen atoms in total. The summed E-state index contributed by atoms with van der Waals surface area (Å²) in [7, 11) is 1.29. The highest BCUT2D eigenvalue weighted by Crippen LogP contribution is 2.54. The lowest BCUT2D eigenvalue weighted by atomic mass is 9.69. The number of carboxylic acid groups (broad SMARTS) is 2. The fourth-order valence-corrected chi connectivity index (χ4v) is 9.31. The highest BCUT2D eigenvalue weighted by atomic mass is 35.5. The molecule has 0 radical (unpaired) electrons. The van der Waals surface area contributed by atoms with Crippen molar-refractivity contribution in [3.05, 3.63) is 117 Å². The Morgan fingerprint density at radius 1 is 0.883 bits per heavy atom. The number of anilines is 2. The van der Waals surface area contributed by atoms with Gasteiger partial charge in [0.15, 0.2) is 0 Å². The Bertz CT molecular complexity index is 2220. The van der Waals surface area contributed by atoms with E-state index < -0.39 is 28.7 Å². The van der Waals surface area contributed by atoms with Crippen molar-refractivity contribution in [3.8, 4) is 12.1 Å². The topological polar surface area (TPSA) is 168 Å². The average molecular weight is 835 g/mol. The molecule has 2 N–H and O–H groups in total. The molecule has 2 aromatic carbocycles. The highest BCUT2D eigenvalue weighted by Gasteiger charge is 2.50. The molecule has 0 bridgehead atoms. The SMILES string of the molecule is CCCCC1(Cc2ccc(C(=O)OC)o2)\C(=C/C=C(C#N)/C=C/C2N(CCC(=O)O)c3ccc(C#N)cc3C2(CCCC)CCCC)N(CCC(=O)O)c2ccc(Cl)cc21. The number of allylic oxidation sites excluding steroid dienone is 5. The van der Waals surface area contributed by atoms with E-state index in [2.05, 4.69) is 37.8 Å². The van der Waals surface area contributed by atoms with Gasteiger partial charge in [-0.3, -0.25) is 9.59 Å². The number of hydrogen-bond donors (Lipinski definition) is 2. The van der Waals surface area contributed by atoms with Crippen LogP contribution >= 0.6 is 11.6 Å². The molecule has 0 saturated heterocycles. The van der Waals surface area contributed by atoms with Crippen molar-refractivity contribution in [2.75, 3.05) is 30.0 Å². The molecule has 2 aliphatic rings. The first kappa shape index (κ1) is 45.3. The average Bonchev–Trinajstić information content (AvgIpc) is 3.88. The van der Waals surface area contributed by atoms with Gasteiger partial charge in [-0.2, -0.15) is 10.5 Å². The Morgan fingerprint density at radius 3 is 2.18 bits per heavy atom. The van der Waals surface area contributed by atoms with E-state index in [1.807, 2.05) is 47.4 Å². The largest absolute Gasteiger partial charge is 0.481 e. The minimum Gasteiger partial charge on any atom is -0.481 e. The maximum absolute atomic E-state index is 12.4. The quantitative estimate of drug-likeness (QED) is 0.0595. The standard InChI is InChI=1S/C48H55ClN4O7/c1-5-8-23-47(24-9-6-2)37-28-34(32-51)11-16-39(37)52(26-21-44(54)55)42(47)19-12-33(31-50)13-20-43-48(25-10-7-3,30-36-15-18-41(60-36)46(58)59-4)38-29-35(49)14-17-40(38)53(43)27-22-45(56)57/h11-20,28-29,42H,5-10,21-27,30H2,1-4H3,(H,54,55)(H,56,57)/b19-12+,33-13-,43-20+. The van der Waals surface area contributed by atoms with Gasteiger partial charge in [0.1, 0.15) is 5.76 Å². The maximum atomic E-state index is 12.4. The summed E-state index contributed by atoms with van der Waals surface area (Å²) in [5.74, 6) is -1.87. The number of nitrogens with zero attached hydrogens (tertiary/aromatic N) is 4. The van der Waals surface area contributed by atoms with Gasteiger partial charge in [0.2, 0.25) is 5.76 Å². The molecule has 2 atom stereocenters. The summed E-state index contributed by atoms with van der Waals surface area (Å²) in [6, 6.07) is 19.0. The van der Waals surface area contributed by atoms with Gasteiger partial charge in [0, 0.05) is 52.4 Å². The van der Waals surface area contributed by atoms with Gasteiger partial charge in [-0.1, -0.05) is 77.0 Å². The van der Waals surface area contributed by atoms with Crippen LogP contribution in [0.1, 0.15) is 124 Å². The molecule has 2 aliphatic heterocycles. The molecule has 1 aromatic heterocycles. The highest BCUT2D eigenvalue weighted by molar-refractivity contribution is 6.30. The first-order valence-corrected chi connectivity index (χ1v) is 21.3. The Morgan fingerprint density at radius 2 is 1.55 bits per heavy atom. The van der Waals surface area contributed by atoms with E-state index in [1.165, 1.54) is 7.11 Å². The molecule has 0 amide bonds. The lowest BCUT2D eigenvalue weighted by Crippen LogP contribution is -2.44. The molecule has 60 heavy (non-hydrogen) atoms. The number of carboxylic acids is 2. The molecule has 0 spiro atoms. The lowest BCUT2D eigenvalue weighted by Gasteiger charge is -2.38. The number of carbonyl (C=O) groups is 3. The molecule has 12 heteroatoms. The van der Waals surface area contributed by atoms with E-state index >= 15 is 0 Å². The number of furan rings is 1. The van der Waals surface area contributed by atoms with Crippen LogP contribution in [0, 0.1) is 22.7 Å². The predicted octanol–water partition coefficient (Wildman–Crippen LogP) is 10.4. The molecule has 0 aliphatic carbocycles. The molecule has 3 heterocycles. The van der Waals surface area contributed by atoms with E-state index in [1.54, 1.807) is 30.3 Å². The summed E-state index contributed by atoms with van der Waals surface area (Å²) >= 11 is 6.68. The van der Waals surface area contributed by atoms with Crippen LogP contribution in [0.2, 0.25) is 5.02 Å². The molecule has 0 saturated carbocycles. The van der Waals surface area contributed by atoms with Crippen LogP contribution in [-0.2, 0) is 31.6 Å². The van der Waals surface area contributed by atoms with Gasteiger partial charge in [0.05, 0.1) is 49.3 Å². The fraction of sp³-hybridized carbons (Fsp3) is 0.438. The van der Waals surface area contributed by atoms with Crippen LogP contribution in [0.5, 0.6) is 0 Å². The Labute approximate surface area is 358 Å². The first-order valence-electron chi connectivity index (χ1n) is 20.9. The number of carbonyl (C=O) groups excluding carboxylic acids is 1. The zero-order valence-electron chi connectivity index (χ0n) is 35.0. The number of nitriles is 2. The lowest BCUT2D eigenvalue weighted by molar-refractivity contribution is -0.137. The van der Waals surface area contributed by atoms with Gasteiger partial charge in [-0.05, 0) is 97.1 Å². The van der Waals surface area contributed by atoms with E-state index in [4.69, 9.17) is 20.8 Å². The number of fused-ring (bicyclic) bond motifs is 2.